The largest absolute Gasteiger partial charge is 0.493 e. The van der Waals surface area contributed by atoms with Crippen LogP contribution in [0, 0.1) is 0 Å². The van der Waals surface area contributed by atoms with Crippen molar-refractivity contribution in [2.75, 3.05) is 20.3 Å². The van der Waals surface area contributed by atoms with Gasteiger partial charge in [-0.1, -0.05) is 26.2 Å². The highest BCUT2D eigenvalue weighted by atomic mass is 79.9. The lowest BCUT2D eigenvalue weighted by Crippen LogP contribution is -2.05. The Morgan fingerprint density at radius 2 is 2.00 bits per heavy atom. The van der Waals surface area contributed by atoms with Crippen molar-refractivity contribution in [2.24, 2.45) is 5.73 Å². The second-order valence-corrected chi connectivity index (χ2v) is 5.41. The minimum Gasteiger partial charge on any atom is -0.493 e. The molecule has 0 amide bonds. The van der Waals surface area contributed by atoms with Crippen LogP contribution in [0.2, 0.25) is 0 Å². The molecule has 0 spiro atoms. The summed E-state index contributed by atoms with van der Waals surface area (Å²) in [6, 6.07) is 4.05. The van der Waals surface area contributed by atoms with E-state index in [-0.39, 0.29) is 0 Å². The Balaban J connectivity index is 2.65. The van der Waals surface area contributed by atoms with Gasteiger partial charge in [-0.15, -0.1) is 0 Å². The van der Waals surface area contributed by atoms with Gasteiger partial charge in [0.25, 0.3) is 0 Å². The minimum absolute atomic E-state index is 0.632. The summed E-state index contributed by atoms with van der Waals surface area (Å²) >= 11 is 3.55. The third kappa shape index (κ3) is 5.41. The zero-order chi connectivity index (χ0) is 14.1. The summed E-state index contributed by atoms with van der Waals surface area (Å²) in [7, 11) is 1.66. The first-order chi connectivity index (χ1) is 9.22. The lowest BCUT2D eigenvalue weighted by molar-refractivity contribution is 0.283. The van der Waals surface area contributed by atoms with Gasteiger partial charge in [-0.3, -0.25) is 0 Å². The molecule has 2 N–H and O–H groups in total. The number of methoxy groups -OCH3 is 1. The molecule has 0 radical (unpaired) electrons. The second-order valence-electron chi connectivity index (χ2n) is 4.56. The van der Waals surface area contributed by atoms with Crippen molar-refractivity contribution < 1.29 is 9.47 Å². The third-order valence-corrected chi connectivity index (χ3v) is 3.56. The predicted octanol–water partition coefficient (Wildman–Crippen LogP) is 3.92. The van der Waals surface area contributed by atoms with Gasteiger partial charge < -0.3 is 15.2 Å². The van der Waals surface area contributed by atoms with E-state index in [9.17, 15) is 0 Å². The van der Waals surface area contributed by atoms with Gasteiger partial charge in [0.15, 0.2) is 11.5 Å². The van der Waals surface area contributed by atoms with Crippen molar-refractivity contribution in [3.8, 4) is 11.5 Å². The van der Waals surface area contributed by atoms with Gasteiger partial charge in [-0.25, -0.2) is 0 Å². The van der Waals surface area contributed by atoms with E-state index in [1.165, 1.54) is 19.3 Å². The zero-order valence-corrected chi connectivity index (χ0v) is 13.5. The number of nitrogens with two attached hydrogens (primary N) is 1. The van der Waals surface area contributed by atoms with Crippen molar-refractivity contribution in [3.63, 3.8) is 0 Å². The molecule has 0 bridgehead atoms. The highest BCUT2D eigenvalue weighted by Crippen LogP contribution is 2.36. The van der Waals surface area contributed by atoms with E-state index in [0.717, 1.165) is 41.0 Å². The topological polar surface area (TPSA) is 44.5 Å². The van der Waals surface area contributed by atoms with Crippen LogP contribution in [0.1, 0.15) is 38.2 Å². The SMILES string of the molecule is CCCCCCOc1c(Br)cc(CCN)cc1OC. The molecular weight excluding hydrogens is 306 g/mol. The van der Waals surface area contributed by atoms with Crippen LogP contribution in [0.4, 0.5) is 0 Å². The van der Waals surface area contributed by atoms with Gasteiger partial charge in [-0.2, -0.15) is 0 Å². The summed E-state index contributed by atoms with van der Waals surface area (Å²) in [5.41, 5.74) is 6.74. The first-order valence-corrected chi connectivity index (χ1v) is 7.71. The smallest absolute Gasteiger partial charge is 0.175 e. The molecule has 0 atom stereocenters. The van der Waals surface area contributed by atoms with Crippen LogP contribution >= 0.6 is 15.9 Å². The second kappa shape index (κ2) is 9.21. The van der Waals surface area contributed by atoms with Crippen LogP contribution in [0.25, 0.3) is 0 Å². The number of ether oxygens (including phenoxy) is 2. The Hall–Kier alpha value is -0.740. The summed E-state index contributed by atoms with van der Waals surface area (Å²) in [5.74, 6) is 1.56. The number of hydrogen-bond donors (Lipinski definition) is 1. The third-order valence-electron chi connectivity index (χ3n) is 2.97. The van der Waals surface area contributed by atoms with E-state index in [0.29, 0.717) is 6.54 Å². The lowest BCUT2D eigenvalue weighted by Gasteiger charge is -2.14. The molecule has 1 aromatic rings. The van der Waals surface area contributed by atoms with Crippen LogP contribution in [0.3, 0.4) is 0 Å². The highest BCUT2D eigenvalue weighted by Gasteiger charge is 2.11. The lowest BCUT2D eigenvalue weighted by atomic mass is 10.1. The standard InChI is InChI=1S/C15H24BrNO2/c1-3-4-5-6-9-19-15-13(16)10-12(7-8-17)11-14(15)18-2/h10-11H,3-9,17H2,1-2H3. The fraction of sp³-hybridized carbons (Fsp3) is 0.600. The molecule has 0 unspecified atom stereocenters. The molecule has 19 heavy (non-hydrogen) atoms. The molecule has 0 fully saturated rings. The van der Waals surface area contributed by atoms with Crippen molar-refractivity contribution in [1.29, 1.82) is 0 Å². The first kappa shape index (κ1) is 16.3. The Kier molecular flexibility index (Phi) is 7.91. The fourth-order valence-electron chi connectivity index (χ4n) is 1.93. The summed E-state index contributed by atoms with van der Waals surface area (Å²) in [6.45, 7) is 3.56. The Labute approximate surface area is 124 Å². The van der Waals surface area contributed by atoms with Gasteiger partial charge in [0.1, 0.15) is 0 Å². The quantitative estimate of drug-likeness (QED) is 0.698. The van der Waals surface area contributed by atoms with E-state index in [2.05, 4.69) is 28.9 Å². The average Bonchev–Trinajstić information content (AvgIpc) is 2.40. The normalized spacial score (nSPS) is 10.5. The van der Waals surface area contributed by atoms with Crippen molar-refractivity contribution in [2.45, 2.75) is 39.0 Å². The molecule has 0 aliphatic heterocycles. The molecule has 0 heterocycles. The van der Waals surface area contributed by atoms with Crippen LogP contribution in [0.15, 0.2) is 16.6 Å². The Morgan fingerprint density at radius 1 is 1.21 bits per heavy atom. The van der Waals surface area contributed by atoms with E-state index in [1.807, 2.05) is 6.07 Å². The molecule has 1 rings (SSSR count). The summed E-state index contributed by atoms with van der Waals surface area (Å²) in [4.78, 5) is 0. The van der Waals surface area contributed by atoms with E-state index < -0.39 is 0 Å². The van der Waals surface area contributed by atoms with E-state index >= 15 is 0 Å². The van der Waals surface area contributed by atoms with Crippen LogP contribution in [0.5, 0.6) is 11.5 Å². The van der Waals surface area contributed by atoms with Crippen molar-refractivity contribution in [3.05, 3.63) is 22.2 Å². The van der Waals surface area contributed by atoms with Crippen molar-refractivity contribution >= 4 is 15.9 Å². The van der Waals surface area contributed by atoms with E-state index in [4.69, 9.17) is 15.2 Å². The van der Waals surface area contributed by atoms with Crippen molar-refractivity contribution in [1.82, 2.24) is 0 Å². The monoisotopic (exact) mass is 329 g/mol. The molecule has 4 heteroatoms. The average molecular weight is 330 g/mol. The molecule has 108 valence electrons. The maximum atomic E-state index is 5.84. The Morgan fingerprint density at radius 3 is 2.63 bits per heavy atom. The molecule has 3 nitrogen and oxygen atoms in total. The predicted molar refractivity (Wildman–Crippen MR) is 83.1 cm³/mol. The molecule has 0 saturated heterocycles. The number of benzene rings is 1. The maximum Gasteiger partial charge on any atom is 0.175 e. The molecule has 1 aromatic carbocycles. The van der Waals surface area contributed by atoms with Gasteiger partial charge in [0.05, 0.1) is 18.2 Å². The molecule has 0 saturated carbocycles. The number of unbranched alkanes of at least 4 members (excludes halogenated alkanes) is 3. The van der Waals surface area contributed by atoms with Gasteiger partial charge in [0, 0.05) is 0 Å². The highest BCUT2D eigenvalue weighted by molar-refractivity contribution is 9.10. The summed E-state index contributed by atoms with van der Waals surface area (Å²) in [6.07, 6.45) is 5.62. The zero-order valence-electron chi connectivity index (χ0n) is 11.9. The molecular formula is C15H24BrNO2. The van der Waals surface area contributed by atoms with E-state index in [1.54, 1.807) is 7.11 Å². The first-order valence-electron chi connectivity index (χ1n) is 6.92. The number of halogens is 1. The summed E-state index contributed by atoms with van der Waals surface area (Å²) < 4.78 is 12.2. The molecule has 0 aliphatic carbocycles. The maximum absolute atomic E-state index is 5.84. The van der Waals surface area contributed by atoms with Crippen LogP contribution < -0.4 is 15.2 Å². The van der Waals surface area contributed by atoms with Gasteiger partial charge in [0.2, 0.25) is 0 Å². The number of hydrogen-bond acceptors (Lipinski definition) is 3. The Bertz CT molecular complexity index is 383. The minimum atomic E-state index is 0.632. The van der Waals surface area contributed by atoms with Gasteiger partial charge >= 0.3 is 0 Å². The fourth-order valence-corrected chi connectivity index (χ4v) is 2.53. The van der Waals surface area contributed by atoms with Crippen LogP contribution in [-0.2, 0) is 6.42 Å². The summed E-state index contributed by atoms with van der Waals surface area (Å²) in [5, 5.41) is 0. The van der Waals surface area contributed by atoms with Gasteiger partial charge in [-0.05, 0) is 53.0 Å². The van der Waals surface area contributed by atoms with Crippen LogP contribution in [-0.4, -0.2) is 20.3 Å². The number of rotatable bonds is 9. The molecule has 0 aromatic heterocycles. The molecule has 0 aliphatic rings.